The lowest BCUT2D eigenvalue weighted by Gasteiger charge is -2.30. The van der Waals surface area contributed by atoms with Gasteiger partial charge >= 0.3 is 0 Å². The number of hydrogen-bond acceptors (Lipinski definition) is 7. The minimum absolute atomic E-state index is 0.162. The third-order valence-corrected chi connectivity index (χ3v) is 5.21. The van der Waals surface area contributed by atoms with Crippen molar-refractivity contribution in [2.75, 3.05) is 23.3 Å². The number of nitrogens with zero attached hydrogens (tertiary/aromatic N) is 4. The van der Waals surface area contributed by atoms with E-state index in [1.54, 1.807) is 30.6 Å². The van der Waals surface area contributed by atoms with Gasteiger partial charge in [0.2, 0.25) is 23.5 Å². The smallest absolute Gasteiger partial charge is 0.248 e. The number of benzene rings is 1. The molecular weight excluding hydrogens is 396 g/mol. The highest BCUT2D eigenvalue weighted by Gasteiger charge is 2.18. The van der Waals surface area contributed by atoms with Gasteiger partial charge < -0.3 is 20.5 Å². The van der Waals surface area contributed by atoms with Crippen LogP contribution in [0.25, 0.3) is 11.4 Å². The summed E-state index contributed by atoms with van der Waals surface area (Å²) < 4.78 is 5.25. The fourth-order valence-electron chi connectivity index (χ4n) is 3.60. The van der Waals surface area contributed by atoms with Gasteiger partial charge in [0.1, 0.15) is 0 Å². The summed E-state index contributed by atoms with van der Waals surface area (Å²) in [6.07, 6.45) is 7.17. The number of piperidine rings is 1. The number of carbonyl (C=O) groups is 2. The second-order valence-corrected chi connectivity index (χ2v) is 7.45. The fraction of sp³-hybridized carbons (Fsp3) is 0.318. The fourth-order valence-corrected chi connectivity index (χ4v) is 3.60. The average Bonchev–Trinajstić information content (AvgIpc) is 3.28. The molecule has 3 N–H and O–H groups in total. The summed E-state index contributed by atoms with van der Waals surface area (Å²) in [5, 5.41) is 6.86. The largest absolute Gasteiger partial charge is 0.370 e. The third kappa shape index (κ3) is 5.06. The van der Waals surface area contributed by atoms with Gasteiger partial charge in [0.25, 0.3) is 0 Å². The summed E-state index contributed by atoms with van der Waals surface area (Å²) in [6, 6.07) is 8.80. The van der Waals surface area contributed by atoms with Crippen molar-refractivity contribution in [3.63, 3.8) is 0 Å². The molecule has 3 aromatic rings. The highest BCUT2D eigenvalue weighted by Crippen LogP contribution is 2.30. The normalized spacial score (nSPS) is 13.7. The summed E-state index contributed by atoms with van der Waals surface area (Å²) in [5.41, 5.74) is 8.02. The second kappa shape index (κ2) is 9.38. The van der Waals surface area contributed by atoms with Crippen LogP contribution < -0.4 is 16.0 Å². The van der Waals surface area contributed by atoms with Crippen molar-refractivity contribution in [3.05, 3.63) is 54.2 Å². The highest BCUT2D eigenvalue weighted by molar-refractivity contribution is 5.99. The number of pyridine rings is 1. The van der Waals surface area contributed by atoms with Gasteiger partial charge in [-0.2, -0.15) is 4.98 Å². The van der Waals surface area contributed by atoms with Crippen LogP contribution in [0.1, 0.15) is 41.9 Å². The van der Waals surface area contributed by atoms with Crippen LogP contribution in [0.2, 0.25) is 0 Å². The first-order valence-corrected chi connectivity index (χ1v) is 10.3. The van der Waals surface area contributed by atoms with Gasteiger partial charge in [-0.1, -0.05) is 5.16 Å². The number of nitrogens with two attached hydrogens (primary N) is 1. The number of carbonyl (C=O) groups excluding carboxylic acids is 2. The molecular formula is C22H24N6O3. The summed E-state index contributed by atoms with van der Waals surface area (Å²) in [5.74, 6) is 0.0664. The molecule has 160 valence electrons. The molecule has 3 heterocycles. The van der Waals surface area contributed by atoms with Crippen LogP contribution >= 0.6 is 0 Å². The maximum atomic E-state index is 12.6. The molecule has 0 unspecified atom stereocenters. The molecule has 1 aromatic carbocycles. The number of anilines is 2. The van der Waals surface area contributed by atoms with Gasteiger partial charge in [-0.3, -0.25) is 14.6 Å². The molecule has 1 aliphatic rings. The topological polar surface area (TPSA) is 127 Å². The van der Waals surface area contributed by atoms with Crippen molar-refractivity contribution in [2.24, 2.45) is 5.73 Å². The van der Waals surface area contributed by atoms with Crippen molar-refractivity contribution in [2.45, 2.75) is 32.1 Å². The lowest BCUT2D eigenvalue weighted by Crippen LogP contribution is -2.30. The lowest BCUT2D eigenvalue weighted by atomic mass is 10.1. The molecule has 1 aliphatic heterocycles. The Balaban J connectivity index is 1.43. The Hall–Kier alpha value is -3.75. The van der Waals surface area contributed by atoms with E-state index in [9.17, 15) is 9.59 Å². The van der Waals surface area contributed by atoms with Gasteiger partial charge in [-0.25, -0.2) is 0 Å². The van der Waals surface area contributed by atoms with E-state index in [-0.39, 0.29) is 12.3 Å². The van der Waals surface area contributed by atoms with E-state index in [0.717, 1.165) is 37.2 Å². The molecule has 9 nitrogen and oxygen atoms in total. The Morgan fingerprint density at radius 3 is 2.74 bits per heavy atom. The standard InChI is InChI=1S/C22H24N6O3/c23-21(30)15-6-7-18(28-11-2-1-3-12-28)17(13-15)25-19(29)8-9-20-26-22(27-31-20)16-5-4-10-24-14-16/h4-7,10,13-14H,1-3,8-9,11-12H2,(H2,23,30)(H,25,29). The van der Waals surface area contributed by atoms with E-state index in [0.29, 0.717) is 29.4 Å². The number of primary amides is 1. The number of nitrogens with one attached hydrogen (secondary N) is 1. The van der Waals surface area contributed by atoms with Crippen molar-refractivity contribution < 1.29 is 14.1 Å². The summed E-state index contributed by atoms with van der Waals surface area (Å²) in [4.78, 5) is 34.8. The molecule has 4 rings (SSSR count). The molecule has 0 atom stereocenters. The van der Waals surface area contributed by atoms with E-state index in [4.69, 9.17) is 10.3 Å². The van der Waals surface area contributed by atoms with Gasteiger partial charge in [-0.05, 0) is 49.6 Å². The first kappa shape index (κ1) is 20.5. The zero-order valence-corrected chi connectivity index (χ0v) is 17.1. The van der Waals surface area contributed by atoms with Gasteiger partial charge in [0, 0.05) is 49.5 Å². The number of aromatic nitrogens is 3. The molecule has 0 radical (unpaired) electrons. The zero-order valence-electron chi connectivity index (χ0n) is 17.1. The van der Waals surface area contributed by atoms with E-state index in [1.165, 1.54) is 6.42 Å². The third-order valence-electron chi connectivity index (χ3n) is 5.21. The molecule has 1 saturated heterocycles. The Bertz CT molecular complexity index is 1060. The van der Waals surface area contributed by atoms with Crippen LogP contribution in [0.15, 0.2) is 47.2 Å². The zero-order chi connectivity index (χ0) is 21.6. The van der Waals surface area contributed by atoms with Crippen LogP contribution in [-0.2, 0) is 11.2 Å². The second-order valence-electron chi connectivity index (χ2n) is 7.45. The Labute approximate surface area is 179 Å². The van der Waals surface area contributed by atoms with Crippen molar-refractivity contribution in [1.82, 2.24) is 15.1 Å². The summed E-state index contributed by atoms with van der Waals surface area (Å²) in [7, 11) is 0. The molecule has 0 aliphatic carbocycles. The Morgan fingerprint density at radius 1 is 1.16 bits per heavy atom. The van der Waals surface area contributed by atoms with Gasteiger partial charge in [0.05, 0.1) is 11.4 Å². The predicted molar refractivity (Wildman–Crippen MR) is 116 cm³/mol. The molecule has 0 spiro atoms. The van der Waals surface area contributed by atoms with E-state index in [2.05, 4.69) is 25.3 Å². The van der Waals surface area contributed by atoms with Crippen molar-refractivity contribution in [3.8, 4) is 11.4 Å². The first-order valence-electron chi connectivity index (χ1n) is 10.3. The monoisotopic (exact) mass is 420 g/mol. The Morgan fingerprint density at radius 2 is 2.00 bits per heavy atom. The van der Waals surface area contributed by atoms with Crippen molar-refractivity contribution in [1.29, 1.82) is 0 Å². The predicted octanol–water partition coefficient (Wildman–Crippen LogP) is 2.79. The minimum atomic E-state index is -0.533. The van der Waals surface area contributed by atoms with Gasteiger partial charge in [0.15, 0.2) is 0 Å². The Kier molecular flexibility index (Phi) is 6.21. The molecule has 1 fully saturated rings. The SMILES string of the molecule is NC(=O)c1ccc(N2CCCCC2)c(NC(=O)CCc2nc(-c3cccnc3)no2)c1. The summed E-state index contributed by atoms with van der Waals surface area (Å²) in [6.45, 7) is 1.83. The molecule has 0 saturated carbocycles. The number of hydrogen-bond donors (Lipinski definition) is 2. The van der Waals surface area contributed by atoms with E-state index >= 15 is 0 Å². The molecule has 0 bridgehead atoms. The maximum absolute atomic E-state index is 12.6. The number of aryl methyl sites for hydroxylation is 1. The quantitative estimate of drug-likeness (QED) is 0.601. The van der Waals surface area contributed by atoms with Gasteiger partial charge in [-0.15, -0.1) is 0 Å². The lowest BCUT2D eigenvalue weighted by molar-refractivity contribution is -0.116. The minimum Gasteiger partial charge on any atom is -0.370 e. The van der Waals surface area contributed by atoms with Crippen LogP contribution in [0.3, 0.4) is 0 Å². The molecule has 2 aromatic heterocycles. The number of rotatable bonds is 7. The van der Waals surface area contributed by atoms with E-state index < -0.39 is 5.91 Å². The van der Waals surface area contributed by atoms with E-state index in [1.807, 2.05) is 12.1 Å². The average molecular weight is 420 g/mol. The van der Waals surface area contributed by atoms with Crippen LogP contribution in [0.4, 0.5) is 11.4 Å². The van der Waals surface area contributed by atoms with Crippen LogP contribution in [0, 0.1) is 0 Å². The highest BCUT2D eigenvalue weighted by atomic mass is 16.5. The molecule has 9 heteroatoms. The summed E-state index contributed by atoms with van der Waals surface area (Å²) >= 11 is 0. The van der Waals surface area contributed by atoms with Crippen LogP contribution in [0.5, 0.6) is 0 Å². The van der Waals surface area contributed by atoms with Crippen molar-refractivity contribution >= 4 is 23.2 Å². The van der Waals surface area contributed by atoms with Crippen LogP contribution in [-0.4, -0.2) is 40.0 Å². The number of amides is 2. The molecule has 2 amide bonds. The maximum Gasteiger partial charge on any atom is 0.248 e. The first-order chi connectivity index (χ1) is 15.1. The molecule has 31 heavy (non-hydrogen) atoms.